The Balaban J connectivity index is 3.68. The fourth-order valence-corrected chi connectivity index (χ4v) is 1.68. The lowest BCUT2D eigenvalue weighted by Crippen LogP contribution is -2.07. The monoisotopic (exact) mass is 332 g/mol. The van der Waals surface area contributed by atoms with Crippen LogP contribution in [0.3, 0.4) is 0 Å². The zero-order valence-electron chi connectivity index (χ0n) is 6.25. The maximum atomic E-state index is 12.9. The Morgan fingerprint density at radius 1 is 1.00 bits per heavy atom. The first-order valence-electron chi connectivity index (χ1n) is 3.12. The van der Waals surface area contributed by atoms with Gasteiger partial charge in [-0.3, -0.25) is 0 Å². The summed E-state index contributed by atoms with van der Waals surface area (Å²) in [6.45, 7) is 0. The lowest BCUT2D eigenvalue weighted by atomic mass is 10.2. The van der Waals surface area contributed by atoms with Crippen LogP contribution in [0.5, 0.6) is 0 Å². The van der Waals surface area contributed by atoms with Gasteiger partial charge in [0.1, 0.15) is 5.56 Å². The van der Waals surface area contributed by atoms with Gasteiger partial charge in [-0.15, -0.1) is 0 Å². The molecule has 0 aliphatic rings. The molecule has 0 fully saturated rings. The maximum absolute atomic E-state index is 12.9. The molecule has 0 radical (unpaired) electrons. The summed E-state index contributed by atoms with van der Waals surface area (Å²) in [4.78, 5) is 10.5. The van der Waals surface area contributed by atoms with Crippen molar-refractivity contribution in [3.05, 3.63) is 32.0 Å². The summed E-state index contributed by atoms with van der Waals surface area (Å²) in [5.74, 6) is -6.71. The fourth-order valence-electron chi connectivity index (χ4n) is 0.793. The number of hydrogen-bond donors (Lipinski definition) is 1. The Bertz CT molecular complexity index is 391. The summed E-state index contributed by atoms with van der Waals surface area (Å²) in [7, 11) is 0. The molecular formula is C7HBr2F3O2. The topological polar surface area (TPSA) is 37.3 Å². The predicted octanol–water partition coefficient (Wildman–Crippen LogP) is 3.33. The SMILES string of the molecule is O=C(O)c1c(F)c(F)c(F)c(Br)c1Br. The largest absolute Gasteiger partial charge is 0.478 e. The van der Waals surface area contributed by atoms with Crippen LogP contribution in [0.25, 0.3) is 0 Å². The zero-order chi connectivity index (χ0) is 11.0. The molecule has 7 heteroatoms. The van der Waals surface area contributed by atoms with Crippen molar-refractivity contribution >= 4 is 37.8 Å². The quantitative estimate of drug-likeness (QED) is 0.632. The van der Waals surface area contributed by atoms with Gasteiger partial charge in [-0.25, -0.2) is 18.0 Å². The summed E-state index contributed by atoms with van der Waals surface area (Å²) in [5.41, 5.74) is -0.948. The third kappa shape index (κ3) is 1.66. The molecular weight excluding hydrogens is 333 g/mol. The second kappa shape index (κ2) is 3.90. The highest BCUT2D eigenvalue weighted by atomic mass is 79.9. The van der Waals surface area contributed by atoms with Gasteiger partial charge in [0, 0.05) is 0 Å². The van der Waals surface area contributed by atoms with E-state index in [0.29, 0.717) is 0 Å². The van der Waals surface area contributed by atoms with E-state index in [1.165, 1.54) is 0 Å². The molecule has 0 spiro atoms. The molecule has 1 rings (SSSR count). The van der Waals surface area contributed by atoms with Crippen LogP contribution in [-0.2, 0) is 0 Å². The zero-order valence-corrected chi connectivity index (χ0v) is 9.42. The number of hydrogen-bond acceptors (Lipinski definition) is 1. The summed E-state index contributed by atoms with van der Waals surface area (Å²) in [5, 5.41) is 8.51. The van der Waals surface area contributed by atoms with Gasteiger partial charge in [-0.2, -0.15) is 0 Å². The number of aromatic carboxylic acids is 1. The average Bonchev–Trinajstić information content (AvgIpc) is 2.11. The standard InChI is InChI=1S/C7HBr2F3O2/c8-2-1(7(13)14)4(10)6(12)5(11)3(2)9/h(H,13,14). The van der Waals surface area contributed by atoms with Crippen LogP contribution in [0.2, 0.25) is 0 Å². The molecule has 0 amide bonds. The molecule has 14 heavy (non-hydrogen) atoms. The van der Waals surface area contributed by atoms with E-state index in [4.69, 9.17) is 5.11 Å². The van der Waals surface area contributed by atoms with E-state index in [1.54, 1.807) is 0 Å². The molecule has 0 heterocycles. The third-order valence-corrected chi connectivity index (χ3v) is 3.49. The van der Waals surface area contributed by atoms with Crippen molar-refractivity contribution in [1.82, 2.24) is 0 Å². The van der Waals surface area contributed by atoms with Crippen molar-refractivity contribution in [3.63, 3.8) is 0 Å². The van der Waals surface area contributed by atoms with E-state index < -0.39 is 33.5 Å². The first-order valence-corrected chi connectivity index (χ1v) is 4.71. The first kappa shape index (κ1) is 11.5. The fraction of sp³-hybridized carbons (Fsp3) is 0. The smallest absolute Gasteiger partial charge is 0.340 e. The van der Waals surface area contributed by atoms with Crippen LogP contribution in [-0.4, -0.2) is 11.1 Å². The van der Waals surface area contributed by atoms with Gasteiger partial charge in [-0.05, 0) is 31.9 Å². The van der Waals surface area contributed by atoms with Crippen molar-refractivity contribution in [3.8, 4) is 0 Å². The van der Waals surface area contributed by atoms with Gasteiger partial charge in [0.05, 0.1) is 8.95 Å². The number of carbonyl (C=O) groups is 1. The summed E-state index contributed by atoms with van der Waals surface area (Å²) >= 11 is 5.23. The number of benzene rings is 1. The molecule has 1 aromatic carbocycles. The molecule has 0 aliphatic heterocycles. The second-order valence-electron chi connectivity index (χ2n) is 2.25. The molecule has 0 aromatic heterocycles. The minimum atomic E-state index is -1.82. The van der Waals surface area contributed by atoms with E-state index in [0.717, 1.165) is 0 Å². The molecule has 0 atom stereocenters. The Kier molecular flexibility index (Phi) is 3.20. The van der Waals surface area contributed by atoms with E-state index >= 15 is 0 Å². The Morgan fingerprint density at radius 3 is 1.93 bits per heavy atom. The molecule has 76 valence electrons. The highest BCUT2D eigenvalue weighted by Crippen LogP contribution is 2.33. The Morgan fingerprint density at radius 2 is 1.50 bits per heavy atom. The maximum Gasteiger partial charge on any atom is 0.340 e. The van der Waals surface area contributed by atoms with Crippen molar-refractivity contribution in [2.24, 2.45) is 0 Å². The number of halogens is 5. The summed E-state index contributed by atoms with van der Waals surface area (Å²) < 4.78 is 37.6. The molecule has 0 unspecified atom stereocenters. The Hall–Kier alpha value is -0.560. The minimum Gasteiger partial charge on any atom is -0.478 e. The summed E-state index contributed by atoms with van der Waals surface area (Å²) in [6, 6.07) is 0. The highest BCUT2D eigenvalue weighted by molar-refractivity contribution is 9.13. The number of carboxylic acid groups (broad SMARTS) is 1. The lowest BCUT2D eigenvalue weighted by Gasteiger charge is -2.05. The molecule has 0 bridgehead atoms. The number of carboxylic acids is 1. The van der Waals surface area contributed by atoms with Crippen LogP contribution in [0.15, 0.2) is 8.95 Å². The first-order chi connectivity index (χ1) is 6.37. The second-order valence-corrected chi connectivity index (χ2v) is 3.84. The Labute approximate surface area is 93.0 Å². The normalized spacial score (nSPS) is 10.4. The molecule has 0 aliphatic carbocycles. The molecule has 0 saturated heterocycles. The van der Waals surface area contributed by atoms with Crippen LogP contribution in [0, 0.1) is 17.5 Å². The van der Waals surface area contributed by atoms with E-state index in [2.05, 4.69) is 31.9 Å². The van der Waals surface area contributed by atoms with Gasteiger partial charge in [-0.1, -0.05) is 0 Å². The molecule has 2 nitrogen and oxygen atoms in total. The van der Waals surface area contributed by atoms with Gasteiger partial charge < -0.3 is 5.11 Å². The van der Waals surface area contributed by atoms with Crippen LogP contribution < -0.4 is 0 Å². The highest BCUT2D eigenvalue weighted by Gasteiger charge is 2.26. The van der Waals surface area contributed by atoms with Crippen LogP contribution >= 0.6 is 31.9 Å². The molecule has 0 saturated carbocycles. The van der Waals surface area contributed by atoms with Crippen molar-refractivity contribution in [2.45, 2.75) is 0 Å². The predicted molar refractivity (Wildman–Crippen MR) is 48.7 cm³/mol. The lowest BCUT2D eigenvalue weighted by molar-refractivity contribution is 0.0689. The minimum absolute atomic E-state index is 0.374. The van der Waals surface area contributed by atoms with E-state index in [-0.39, 0.29) is 4.47 Å². The van der Waals surface area contributed by atoms with E-state index in [1.807, 2.05) is 0 Å². The van der Waals surface area contributed by atoms with Gasteiger partial charge in [0.15, 0.2) is 17.5 Å². The average molecular weight is 334 g/mol. The van der Waals surface area contributed by atoms with E-state index in [9.17, 15) is 18.0 Å². The van der Waals surface area contributed by atoms with Crippen LogP contribution in [0.4, 0.5) is 13.2 Å². The molecule has 1 N–H and O–H groups in total. The van der Waals surface area contributed by atoms with Gasteiger partial charge >= 0.3 is 5.97 Å². The third-order valence-electron chi connectivity index (χ3n) is 1.42. The number of rotatable bonds is 1. The summed E-state index contributed by atoms with van der Waals surface area (Å²) in [6.07, 6.45) is 0. The van der Waals surface area contributed by atoms with Crippen molar-refractivity contribution < 1.29 is 23.1 Å². The van der Waals surface area contributed by atoms with Crippen molar-refractivity contribution in [2.75, 3.05) is 0 Å². The van der Waals surface area contributed by atoms with Crippen molar-refractivity contribution in [1.29, 1.82) is 0 Å². The van der Waals surface area contributed by atoms with Gasteiger partial charge in [0.2, 0.25) is 0 Å². The van der Waals surface area contributed by atoms with Crippen LogP contribution in [0.1, 0.15) is 10.4 Å². The molecule has 1 aromatic rings. The van der Waals surface area contributed by atoms with Gasteiger partial charge in [0.25, 0.3) is 0 Å².